The second-order valence-electron chi connectivity index (χ2n) is 6.20. The molecular formula is C21H17BrN2O2. The van der Waals surface area contributed by atoms with Crippen molar-refractivity contribution in [3.05, 3.63) is 82.7 Å². The molecule has 4 aromatic rings. The number of pyridine rings is 1. The van der Waals surface area contributed by atoms with Gasteiger partial charge in [-0.25, -0.2) is 0 Å². The van der Waals surface area contributed by atoms with E-state index in [0.29, 0.717) is 18.2 Å². The number of aromatic nitrogens is 2. The molecule has 2 aromatic carbocycles. The Balaban J connectivity index is 1.57. The van der Waals surface area contributed by atoms with Gasteiger partial charge in [-0.05, 0) is 54.4 Å². The third-order valence-electron chi connectivity index (χ3n) is 4.27. The molecule has 26 heavy (non-hydrogen) atoms. The van der Waals surface area contributed by atoms with E-state index in [1.165, 1.54) is 0 Å². The topological polar surface area (TPSA) is 47.3 Å². The molecule has 0 fully saturated rings. The summed E-state index contributed by atoms with van der Waals surface area (Å²) in [4.78, 5) is 4.04. The fourth-order valence-corrected chi connectivity index (χ4v) is 3.66. The molecule has 4 rings (SSSR count). The van der Waals surface area contributed by atoms with Gasteiger partial charge in [-0.3, -0.25) is 4.98 Å². The highest BCUT2D eigenvalue weighted by molar-refractivity contribution is 9.10. The molecule has 0 atom stereocenters. The van der Waals surface area contributed by atoms with Crippen molar-refractivity contribution in [3.8, 4) is 17.4 Å². The Kier molecular flexibility index (Phi) is 4.39. The molecule has 0 unspecified atom stereocenters. The van der Waals surface area contributed by atoms with E-state index in [-0.39, 0.29) is 0 Å². The van der Waals surface area contributed by atoms with Crippen LogP contribution in [0.2, 0.25) is 0 Å². The molecular weight excluding hydrogens is 392 g/mol. The Hall–Kier alpha value is -2.79. The zero-order valence-corrected chi connectivity index (χ0v) is 15.8. The van der Waals surface area contributed by atoms with Gasteiger partial charge in [0.15, 0.2) is 5.88 Å². The van der Waals surface area contributed by atoms with E-state index in [0.717, 1.165) is 32.1 Å². The van der Waals surface area contributed by atoms with Crippen molar-refractivity contribution in [1.82, 2.24) is 9.55 Å². The van der Waals surface area contributed by atoms with Crippen molar-refractivity contribution in [2.75, 3.05) is 0 Å². The first kappa shape index (κ1) is 16.7. The van der Waals surface area contributed by atoms with Crippen molar-refractivity contribution in [2.45, 2.75) is 13.5 Å². The number of halogens is 1. The van der Waals surface area contributed by atoms with Gasteiger partial charge in [-0.1, -0.05) is 28.1 Å². The summed E-state index contributed by atoms with van der Waals surface area (Å²) in [5, 5.41) is 12.5. The first-order valence-electron chi connectivity index (χ1n) is 8.25. The summed E-state index contributed by atoms with van der Waals surface area (Å²) in [6, 6.07) is 15.6. The van der Waals surface area contributed by atoms with Crippen LogP contribution in [0.5, 0.6) is 17.4 Å². The standard InChI is InChI=1S/C21H17BrN2O2/c1-14-9-17(22)10-16-13-24(21(25)20(14)16)12-15-4-6-18(7-5-15)26-19-3-2-8-23-11-19/h2-11,13,25H,12H2,1H3. The Morgan fingerprint density at radius 2 is 1.92 bits per heavy atom. The number of rotatable bonds is 4. The predicted molar refractivity (Wildman–Crippen MR) is 106 cm³/mol. The molecule has 4 nitrogen and oxygen atoms in total. The summed E-state index contributed by atoms with van der Waals surface area (Å²) in [5.41, 5.74) is 2.13. The minimum atomic E-state index is 0.292. The van der Waals surface area contributed by atoms with Crippen LogP contribution in [-0.4, -0.2) is 14.7 Å². The molecule has 0 amide bonds. The zero-order valence-electron chi connectivity index (χ0n) is 14.2. The molecule has 5 heteroatoms. The maximum atomic E-state index is 10.6. The van der Waals surface area contributed by atoms with Crippen LogP contribution >= 0.6 is 15.9 Å². The predicted octanol–water partition coefficient (Wildman–Crippen LogP) is 5.65. The summed E-state index contributed by atoms with van der Waals surface area (Å²) >= 11 is 3.51. The number of hydrogen-bond acceptors (Lipinski definition) is 3. The lowest BCUT2D eigenvalue weighted by Crippen LogP contribution is -1.97. The Labute approximate surface area is 159 Å². The highest BCUT2D eigenvalue weighted by atomic mass is 79.9. The normalized spacial score (nSPS) is 11.0. The molecule has 2 aromatic heterocycles. The van der Waals surface area contributed by atoms with Gasteiger partial charge in [0.2, 0.25) is 0 Å². The fourth-order valence-electron chi connectivity index (χ4n) is 3.07. The smallest absolute Gasteiger partial charge is 0.199 e. The van der Waals surface area contributed by atoms with Crippen molar-refractivity contribution >= 4 is 26.7 Å². The summed E-state index contributed by atoms with van der Waals surface area (Å²) in [6.07, 6.45) is 5.37. The van der Waals surface area contributed by atoms with Gasteiger partial charge in [-0.15, -0.1) is 0 Å². The SMILES string of the molecule is Cc1cc(Br)cc2cn(Cc3ccc(Oc4cccnc4)cc3)c(O)c12. The fraction of sp³-hybridized carbons (Fsp3) is 0.0952. The molecule has 130 valence electrons. The van der Waals surface area contributed by atoms with E-state index < -0.39 is 0 Å². The Morgan fingerprint density at radius 1 is 1.12 bits per heavy atom. The summed E-state index contributed by atoms with van der Waals surface area (Å²) < 4.78 is 8.63. The monoisotopic (exact) mass is 408 g/mol. The van der Waals surface area contributed by atoms with Gasteiger partial charge in [0.25, 0.3) is 0 Å². The van der Waals surface area contributed by atoms with Crippen LogP contribution < -0.4 is 4.74 Å². The highest BCUT2D eigenvalue weighted by Crippen LogP contribution is 2.33. The maximum Gasteiger partial charge on any atom is 0.199 e. The van der Waals surface area contributed by atoms with Crippen LogP contribution in [0.3, 0.4) is 0 Å². The number of aromatic hydroxyl groups is 1. The molecule has 2 heterocycles. The average Bonchev–Trinajstić information content (AvgIpc) is 2.93. The summed E-state index contributed by atoms with van der Waals surface area (Å²) in [6.45, 7) is 2.59. The van der Waals surface area contributed by atoms with E-state index in [4.69, 9.17) is 4.74 Å². The maximum absolute atomic E-state index is 10.6. The molecule has 1 N–H and O–H groups in total. The van der Waals surface area contributed by atoms with Crippen LogP contribution in [0, 0.1) is 6.92 Å². The van der Waals surface area contributed by atoms with Crippen LogP contribution in [0.1, 0.15) is 11.1 Å². The van der Waals surface area contributed by atoms with Gasteiger partial charge in [0, 0.05) is 27.6 Å². The number of hydrogen-bond donors (Lipinski definition) is 1. The average molecular weight is 409 g/mol. The lowest BCUT2D eigenvalue weighted by Gasteiger charge is -2.08. The van der Waals surface area contributed by atoms with Crippen LogP contribution in [0.25, 0.3) is 10.8 Å². The van der Waals surface area contributed by atoms with Gasteiger partial charge < -0.3 is 14.4 Å². The largest absolute Gasteiger partial charge is 0.494 e. The second-order valence-corrected chi connectivity index (χ2v) is 7.12. The quantitative estimate of drug-likeness (QED) is 0.474. The molecule has 0 radical (unpaired) electrons. The molecule has 0 saturated carbocycles. The van der Waals surface area contributed by atoms with Crippen molar-refractivity contribution in [1.29, 1.82) is 0 Å². The zero-order chi connectivity index (χ0) is 18.1. The van der Waals surface area contributed by atoms with Crippen molar-refractivity contribution in [3.63, 3.8) is 0 Å². The summed E-state index contributed by atoms with van der Waals surface area (Å²) in [7, 11) is 0. The number of benzene rings is 2. The van der Waals surface area contributed by atoms with Gasteiger partial charge in [-0.2, -0.15) is 0 Å². The van der Waals surface area contributed by atoms with E-state index >= 15 is 0 Å². The number of ether oxygens (including phenoxy) is 1. The van der Waals surface area contributed by atoms with Crippen LogP contribution in [-0.2, 0) is 6.54 Å². The molecule has 0 aliphatic carbocycles. The van der Waals surface area contributed by atoms with Gasteiger partial charge in [0.1, 0.15) is 11.5 Å². The Morgan fingerprint density at radius 3 is 2.65 bits per heavy atom. The third-order valence-corrected chi connectivity index (χ3v) is 4.73. The molecule has 0 bridgehead atoms. The van der Waals surface area contributed by atoms with Crippen molar-refractivity contribution in [2.24, 2.45) is 0 Å². The van der Waals surface area contributed by atoms with Crippen LogP contribution in [0.4, 0.5) is 0 Å². The van der Waals surface area contributed by atoms with E-state index in [2.05, 4.69) is 20.9 Å². The van der Waals surface area contributed by atoms with E-state index in [9.17, 15) is 5.11 Å². The summed E-state index contributed by atoms with van der Waals surface area (Å²) in [5.74, 6) is 1.75. The minimum Gasteiger partial charge on any atom is -0.494 e. The molecule has 0 aliphatic rings. The Bertz CT molecular complexity index is 1060. The molecule has 0 saturated heterocycles. The first-order valence-corrected chi connectivity index (χ1v) is 9.04. The van der Waals surface area contributed by atoms with Gasteiger partial charge >= 0.3 is 0 Å². The van der Waals surface area contributed by atoms with E-state index in [1.54, 1.807) is 12.4 Å². The highest BCUT2D eigenvalue weighted by Gasteiger charge is 2.12. The van der Waals surface area contributed by atoms with Gasteiger partial charge in [0.05, 0.1) is 12.7 Å². The van der Waals surface area contributed by atoms with E-state index in [1.807, 2.05) is 66.2 Å². The van der Waals surface area contributed by atoms with Crippen molar-refractivity contribution < 1.29 is 9.84 Å². The lowest BCUT2D eigenvalue weighted by molar-refractivity contribution is 0.430. The second kappa shape index (κ2) is 6.84. The number of fused-ring (bicyclic) bond motifs is 1. The third kappa shape index (κ3) is 3.30. The number of aryl methyl sites for hydroxylation is 1. The van der Waals surface area contributed by atoms with Crippen LogP contribution in [0.15, 0.2) is 71.6 Å². The lowest BCUT2D eigenvalue weighted by atomic mass is 10.1. The molecule has 0 spiro atoms. The minimum absolute atomic E-state index is 0.292. The number of nitrogens with zero attached hydrogens (tertiary/aromatic N) is 2. The first-order chi connectivity index (χ1) is 12.6. The molecule has 0 aliphatic heterocycles.